The predicted molar refractivity (Wildman–Crippen MR) is 102 cm³/mol. The minimum absolute atomic E-state index is 0.107. The lowest BCUT2D eigenvalue weighted by Crippen LogP contribution is -2.38. The van der Waals surface area contributed by atoms with Crippen molar-refractivity contribution in [2.75, 3.05) is 38.5 Å². The van der Waals surface area contributed by atoms with Crippen LogP contribution in [0.4, 0.5) is 5.69 Å². The summed E-state index contributed by atoms with van der Waals surface area (Å²) in [6.45, 7) is 7.78. The molecule has 1 fully saturated rings. The first-order valence-corrected chi connectivity index (χ1v) is 9.29. The Morgan fingerprint density at radius 2 is 1.80 bits per heavy atom. The zero-order chi connectivity index (χ0) is 18.2. The van der Waals surface area contributed by atoms with Crippen LogP contribution in [0.25, 0.3) is 0 Å². The second-order valence-electron chi connectivity index (χ2n) is 7.11. The van der Waals surface area contributed by atoms with Crippen LogP contribution >= 0.6 is 0 Å². The topological polar surface area (TPSA) is 52.7 Å². The van der Waals surface area contributed by atoms with Crippen molar-refractivity contribution < 1.29 is 9.59 Å². The third kappa shape index (κ3) is 6.50. The summed E-state index contributed by atoms with van der Waals surface area (Å²) in [5.74, 6) is -0.379. The molecule has 5 nitrogen and oxygen atoms in total. The average Bonchev–Trinajstić information content (AvgIpc) is 2.84. The number of hydrogen-bond acceptors (Lipinski definition) is 3. The molecule has 0 atom stereocenters. The van der Waals surface area contributed by atoms with Crippen molar-refractivity contribution in [3.8, 4) is 0 Å². The molecule has 0 unspecified atom stereocenters. The van der Waals surface area contributed by atoms with Gasteiger partial charge < -0.3 is 15.1 Å². The monoisotopic (exact) mass is 345 g/mol. The number of likely N-dealkylation sites (N-methyl/N-ethyl adjacent to an activating group) is 1. The van der Waals surface area contributed by atoms with Crippen LogP contribution in [0.2, 0.25) is 0 Å². The number of carbonyl (C=O) groups excluding carboxylic acids is 2. The average molecular weight is 345 g/mol. The molecule has 1 aromatic rings. The highest BCUT2D eigenvalue weighted by Crippen LogP contribution is 2.16. The second kappa shape index (κ2) is 9.56. The summed E-state index contributed by atoms with van der Waals surface area (Å²) >= 11 is 0. The molecule has 1 saturated heterocycles. The molecule has 2 amide bonds. The molecule has 0 saturated carbocycles. The standard InChI is InChI=1S/C20H31N3O2/c1-16-8-9-18(17(2)14-16)21-19(24)15-20(25)22(3)12-13-23-10-6-4-5-7-11-23/h8-9,14H,4-7,10-13,15H2,1-3H3,(H,21,24). The number of carbonyl (C=O) groups is 2. The van der Waals surface area contributed by atoms with Crippen LogP contribution in [0, 0.1) is 13.8 Å². The molecule has 0 spiro atoms. The van der Waals surface area contributed by atoms with Crippen molar-refractivity contribution in [2.24, 2.45) is 0 Å². The molecule has 1 heterocycles. The zero-order valence-electron chi connectivity index (χ0n) is 15.8. The molecule has 1 N–H and O–H groups in total. The van der Waals surface area contributed by atoms with Gasteiger partial charge in [0.25, 0.3) is 0 Å². The van der Waals surface area contributed by atoms with Crippen LogP contribution in [0.5, 0.6) is 0 Å². The molecule has 5 heteroatoms. The van der Waals surface area contributed by atoms with Crippen LogP contribution in [0.3, 0.4) is 0 Å². The molecule has 0 radical (unpaired) electrons. The van der Waals surface area contributed by atoms with Crippen LogP contribution in [0.15, 0.2) is 18.2 Å². The fourth-order valence-corrected chi connectivity index (χ4v) is 3.20. The maximum atomic E-state index is 12.3. The van der Waals surface area contributed by atoms with Gasteiger partial charge in [0.2, 0.25) is 11.8 Å². The highest BCUT2D eigenvalue weighted by atomic mass is 16.2. The van der Waals surface area contributed by atoms with Gasteiger partial charge in [-0.15, -0.1) is 0 Å². The summed E-state index contributed by atoms with van der Waals surface area (Å²) in [6.07, 6.45) is 5.00. The Hall–Kier alpha value is -1.88. The fraction of sp³-hybridized carbons (Fsp3) is 0.600. The first-order valence-electron chi connectivity index (χ1n) is 9.29. The Bertz CT molecular complexity index is 593. The van der Waals surface area contributed by atoms with E-state index >= 15 is 0 Å². The quantitative estimate of drug-likeness (QED) is 0.807. The smallest absolute Gasteiger partial charge is 0.233 e. The third-order valence-electron chi connectivity index (χ3n) is 4.84. The molecule has 138 valence electrons. The molecule has 1 aromatic carbocycles. The Morgan fingerprint density at radius 3 is 2.44 bits per heavy atom. The van der Waals surface area contributed by atoms with Crippen LogP contribution in [-0.2, 0) is 9.59 Å². The number of nitrogens with one attached hydrogen (secondary N) is 1. The van der Waals surface area contributed by atoms with Gasteiger partial charge in [0, 0.05) is 25.8 Å². The van der Waals surface area contributed by atoms with E-state index in [1.165, 1.54) is 25.7 Å². The van der Waals surface area contributed by atoms with Crippen LogP contribution in [0.1, 0.15) is 43.2 Å². The van der Waals surface area contributed by atoms with Crippen molar-refractivity contribution in [3.63, 3.8) is 0 Å². The molecular weight excluding hydrogens is 314 g/mol. The molecule has 1 aliphatic rings. The van der Waals surface area contributed by atoms with Gasteiger partial charge in [-0.25, -0.2) is 0 Å². The van der Waals surface area contributed by atoms with E-state index in [1.54, 1.807) is 11.9 Å². The number of nitrogens with zero attached hydrogens (tertiary/aromatic N) is 2. The van der Waals surface area contributed by atoms with E-state index in [2.05, 4.69) is 10.2 Å². The molecule has 0 bridgehead atoms. The summed E-state index contributed by atoms with van der Waals surface area (Å²) < 4.78 is 0. The molecule has 25 heavy (non-hydrogen) atoms. The first kappa shape index (κ1) is 19.4. The van der Waals surface area contributed by atoms with Gasteiger partial charge in [-0.3, -0.25) is 9.59 Å². The predicted octanol–water partition coefficient (Wildman–Crippen LogP) is 2.97. The summed E-state index contributed by atoms with van der Waals surface area (Å²) in [5.41, 5.74) is 2.94. The molecule has 1 aliphatic heterocycles. The number of rotatable bonds is 6. The molecule has 0 aromatic heterocycles. The van der Waals surface area contributed by atoms with Gasteiger partial charge in [-0.2, -0.15) is 0 Å². The fourth-order valence-electron chi connectivity index (χ4n) is 3.20. The minimum atomic E-state index is -0.251. The Kier molecular flexibility index (Phi) is 7.44. The lowest BCUT2D eigenvalue weighted by Gasteiger charge is -2.24. The maximum absolute atomic E-state index is 12.3. The number of amides is 2. The SMILES string of the molecule is Cc1ccc(NC(=O)CC(=O)N(C)CCN2CCCCCC2)c(C)c1. The van der Waals surface area contributed by atoms with Gasteiger partial charge in [-0.05, 0) is 51.4 Å². The number of hydrogen-bond donors (Lipinski definition) is 1. The lowest BCUT2D eigenvalue weighted by molar-refractivity contribution is -0.133. The van der Waals surface area contributed by atoms with E-state index < -0.39 is 0 Å². The van der Waals surface area contributed by atoms with E-state index in [-0.39, 0.29) is 18.2 Å². The molecule has 2 rings (SSSR count). The van der Waals surface area contributed by atoms with Gasteiger partial charge >= 0.3 is 0 Å². The molecular formula is C20H31N3O2. The number of anilines is 1. The van der Waals surface area contributed by atoms with Crippen LogP contribution in [-0.4, -0.2) is 54.8 Å². The number of likely N-dealkylation sites (tertiary alicyclic amines) is 1. The normalized spacial score (nSPS) is 15.5. The first-order chi connectivity index (χ1) is 12.0. The highest BCUT2D eigenvalue weighted by Gasteiger charge is 2.16. The van der Waals surface area contributed by atoms with E-state index in [1.807, 2.05) is 32.0 Å². The highest BCUT2D eigenvalue weighted by molar-refractivity contribution is 6.03. The van der Waals surface area contributed by atoms with Gasteiger partial charge in [0.15, 0.2) is 0 Å². The second-order valence-corrected chi connectivity index (χ2v) is 7.11. The van der Waals surface area contributed by atoms with Gasteiger partial charge in [0.1, 0.15) is 6.42 Å². The van der Waals surface area contributed by atoms with E-state index in [0.717, 1.165) is 36.4 Å². The zero-order valence-corrected chi connectivity index (χ0v) is 15.8. The lowest BCUT2D eigenvalue weighted by atomic mass is 10.1. The third-order valence-corrected chi connectivity index (χ3v) is 4.84. The van der Waals surface area contributed by atoms with Crippen molar-refractivity contribution in [1.29, 1.82) is 0 Å². The van der Waals surface area contributed by atoms with Crippen molar-refractivity contribution in [2.45, 2.75) is 46.0 Å². The minimum Gasteiger partial charge on any atom is -0.344 e. The largest absolute Gasteiger partial charge is 0.344 e. The van der Waals surface area contributed by atoms with Crippen molar-refractivity contribution in [1.82, 2.24) is 9.80 Å². The summed E-state index contributed by atoms with van der Waals surface area (Å²) in [7, 11) is 1.78. The van der Waals surface area contributed by atoms with E-state index in [4.69, 9.17) is 0 Å². The van der Waals surface area contributed by atoms with E-state index in [0.29, 0.717) is 6.54 Å². The summed E-state index contributed by atoms with van der Waals surface area (Å²) in [5, 5.41) is 2.84. The number of benzene rings is 1. The Balaban J connectivity index is 1.76. The van der Waals surface area contributed by atoms with E-state index in [9.17, 15) is 9.59 Å². The number of aryl methyl sites for hydroxylation is 2. The van der Waals surface area contributed by atoms with Crippen molar-refractivity contribution >= 4 is 17.5 Å². The summed E-state index contributed by atoms with van der Waals surface area (Å²) in [4.78, 5) is 28.5. The maximum Gasteiger partial charge on any atom is 0.233 e. The van der Waals surface area contributed by atoms with Crippen LogP contribution < -0.4 is 5.32 Å². The summed E-state index contributed by atoms with van der Waals surface area (Å²) in [6, 6.07) is 5.86. The van der Waals surface area contributed by atoms with Gasteiger partial charge in [-0.1, -0.05) is 30.5 Å². The Morgan fingerprint density at radius 1 is 1.12 bits per heavy atom. The molecule has 0 aliphatic carbocycles. The van der Waals surface area contributed by atoms with Crippen molar-refractivity contribution in [3.05, 3.63) is 29.3 Å². The Labute approximate surface area is 151 Å². The van der Waals surface area contributed by atoms with Gasteiger partial charge in [0.05, 0.1) is 0 Å².